The summed E-state index contributed by atoms with van der Waals surface area (Å²) in [5, 5.41) is 0. The van der Waals surface area contributed by atoms with E-state index in [4.69, 9.17) is 4.74 Å². The van der Waals surface area contributed by atoms with E-state index in [0.29, 0.717) is 11.7 Å². The minimum absolute atomic E-state index is 0.0173. The summed E-state index contributed by atoms with van der Waals surface area (Å²) in [5.41, 5.74) is 0. The minimum atomic E-state index is -3.56. The fraction of sp³-hybridized carbons (Fsp3) is 0.600. The second-order valence-corrected chi connectivity index (χ2v) is 8.32. The van der Waals surface area contributed by atoms with E-state index in [1.54, 1.807) is 18.2 Å². The highest BCUT2D eigenvalue weighted by Gasteiger charge is 2.25. The lowest BCUT2D eigenvalue weighted by molar-refractivity contribution is 0.401. The monoisotopic (exact) mass is 375 g/mol. The molecule has 1 aliphatic carbocycles. The number of nitrogens with one attached hydrogen (secondary N) is 1. The van der Waals surface area contributed by atoms with Crippen LogP contribution in [0, 0.1) is 5.92 Å². The third kappa shape index (κ3) is 4.44. The fourth-order valence-corrected chi connectivity index (χ4v) is 4.76. The summed E-state index contributed by atoms with van der Waals surface area (Å²) < 4.78 is 34.0. The van der Waals surface area contributed by atoms with Crippen LogP contribution in [0.15, 0.2) is 27.6 Å². The van der Waals surface area contributed by atoms with Gasteiger partial charge in [-0.1, -0.05) is 35.7 Å². The van der Waals surface area contributed by atoms with Crippen molar-refractivity contribution < 1.29 is 13.2 Å². The molecule has 6 heteroatoms. The number of methoxy groups -OCH3 is 1. The molecule has 0 bridgehead atoms. The lowest BCUT2D eigenvalue weighted by Crippen LogP contribution is -2.34. The van der Waals surface area contributed by atoms with E-state index in [1.807, 2.05) is 0 Å². The highest BCUT2D eigenvalue weighted by atomic mass is 79.9. The average Bonchev–Trinajstić information content (AvgIpc) is 2.63. The molecule has 1 saturated carbocycles. The van der Waals surface area contributed by atoms with Gasteiger partial charge in [-0.15, -0.1) is 0 Å². The van der Waals surface area contributed by atoms with E-state index in [-0.39, 0.29) is 10.9 Å². The van der Waals surface area contributed by atoms with Crippen molar-refractivity contribution in [3.8, 4) is 5.75 Å². The predicted octanol–water partition coefficient (Wildman–Crippen LogP) is 3.70. The van der Waals surface area contributed by atoms with Crippen LogP contribution >= 0.6 is 15.9 Å². The Balaban J connectivity index is 2.20. The van der Waals surface area contributed by atoms with Gasteiger partial charge in [-0.3, -0.25) is 0 Å². The minimum Gasteiger partial charge on any atom is -0.495 e. The zero-order valence-electron chi connectivity index (χ0n) is 12.4. The van der Waals surface area contributed by atoms with Gasteiger partial charge in [0.1, 0.15) is 10.6 Å². The maximum absolute atomic E-state index is 12.6. The van der Waals surface area contributed by atoms with E-state index >= 15 is 0 Å². The summed E-state index contributed by atoms with van der Waals surface area (Å²) in [6, 6.07) is 5.03. The third-order valence-corrected chi connectivity index (χ3v) is 6.03. The van der Waals surface area contributed by atoms with Crippen molar-refractivity contribution in [2.45, 2.75) is 50.0 Å². The van der Waals surface area contributed by atoms with Gasteiger partial charge in [0.2, 0.25) is 10.0 Å². The molecule has 0 amide bonds. The van der Waals surface area contributed by atoms with Crippen LogP contribution in [0.3, 0.4) is 0 Å². The van der Waals surface area contributed by atoms with Gasteiger partial charge >= 0.3 is 0 Å². The Morgan fingerprint density at radius 3 is 2.71 bits per heavy atom. The average molecular weight is 376 g/mol. The molecule has 1 fully saturated rings. The molecular weight excluding hydrogens is 354 g/mol. The van der Waals surface area contributed by atoms with E-state index < -0.39 is 10.0 Å². The normalized spacial score (nSPS) is 23.6. The lowest BCUT2D eigenvalue weighted by atomic mass is 10.0. The molecule has 2 atom stereocenters. The van der Waals surface area contributed by atoms with Crippen LogP contribution in [0.5, 0.6) is 5.75 Å². The summed E-state index contributed by atoms with van der Waals surface area (Å²) in [4.78, 5) is 0.191. The number of sulfonamides is 1. The van der Waals surface area contributed by atoms with Gasteiger partial charge in [-0.05, 0) is 43.4 Å². The summed E-state index contributed by atoms with van der Waals surface area (Å²) in [6.45, 7) is 2.23. The second kappa shape index (κ2) is 7.11. The largest absolute Gasteiger partial charge is 0.495 e. The SMILES string of the molecule is COc1ccc(Br)cc1S(=O)(=O)NC1CCCC(C)CC1. The van der Waals surface area contributed by atoms with Gasteiger partial charge in [0, 0.05) is 10.5 Å². The molecule has 21 heavy (non-hydrogen) atoms. The van der Waals surface area contributed by atoms with Crippen molar-refractivity contribution in [3.63, 3.8) is 0 Å². The number of benzene rings is 1. The van der Waals surface area contributed by atoms with Gasteiger partial charge in [-0.2, -0.15) is 0 Å². The van der Waals surface area contributed by atoms with Crippen LogP contribution in [0.25, 0.3) is 0 Å². The first-order chi connectivity index (χ1) is 9.92. The van der Waals surface area contributed by atoms with Crippen molar-refractivity contribution in [1.82, 2.24) is 4.72 Å². The number of hydrogen-bond donors (Lipinski definition) is 1. The van der Waals surface area contributed by atoms with E-state index in [2.05, 4.69) is 27.6 Å². The molecule has 1 N–H and O–H groups in total. The van der Waals surface area contributed by atoms with Gasteiger partial charge in [0.05, 0.1) is 7.11 Å². The van der Waals surface area contributed by atoms with Gasteiger partial charge in [-0.25, -0.2) is 13.1 Å². The summed E-state index contributed by atoms with van der Waals surface area (Å²) >= 11 is 3.32. The Hall–Kier alpha value is -0.590. The Kier molecular flexibility index (Phi) is 5.68. The van der Waals surface area contributed by atoms with Crippen molar-refractivity contribution in [2.24, 2.45) is 5.92 Å². The molecule has 0 aromatic heterocycles. The fourth-order valence-electron chi connectivity index (χ4n) is 2.75. The Bertz CT molecular complexity index is 589. The lowest BCUT2D eigenvalue weighted by Gasteiger charge is -2.18. The number of ether oxygens (including phenoxy) is 1. The molecule has 1 aromatic rings. The van der Waals surface area contributed by atoms with Crippen molar-refractivity contribution >= 4 is 26.0 Å². The Morgan fingerprint density at radius 1 is 1.24 bits per heavy atom. The zero-order chi connectivity index (χ0) is 15.5. The highest BCUT2D eigenvalue weighted by Crippen LogP contribution is 2.29. The molecule has 0 aliphatic heterocycles. The van der Waals surface area contributed by atoms with Crippen molar-refractivity contribution in [3.05, 3.63) is 22.7 Å². The molecule has 4 nitrogen and oxygen atoms in total. The second-order valence-electron chi connectivity index (χ2n) is 5.73. The predicted molar refractivity (Wildman–Crippen MR) is 87.1 cm³/mol. The van der Waals surface area contributed by atoms with Crippen molar-refractivity contribution in [2.75, 3.05) is 7.11 Å². The number of halogens is 1. The van der Waals surface area contributed by atoms with Gasteiger partial charge < -0.3 is 4.74 Å². The molecule has 1 aromatic carbocycles. The molecule has 118 valence electrons. The van der Waals surface area contributed by atoms with Crippen LogP contribution in [0.2, 0.25) is 0 Å². The van der Waals surface area contributed by atoms with Crippen LogP contribution < -0.4 is 9.46 Å². The summed E-state index contributed by atoms with van der Waals surface area (Å²) in [7, 11) is -2.08. The van der Waals surface area contributed by atoms with Crippen LogP contribution in [-0.4, -0.2) is 21.6 Å². The van der Waals surface area contributed by atoms with Crippen LogP contribution in [0.4, 0.5) is 0 Å². The molecule has 0 radical (unpaired) electrons. The van der Waals surface area contributed by atoms with E-state index in [1.165, 1.54) is 13.5 Å². The molecule has 2 unspecified atom stereocenters. The number of rotatable bonds is 4. The first-order valence-corrected chi connectivity index (χ1v) is 9.56. The zero-order valence-corrected chi connectivity index (χ0v) is 14.8. The topological polar surface area (TPSA) is 55.4 Å². The summed E-state index contributed by atoms with van der Waals surface area (Å²) in [6.07, 6.45) is 5.13. The number of hydrogen-bond acceptors (Lipinski definition) is 3. The standard InChI is InChI=1S/C15H22BrNO3S/c1-11-4-3-5-13(8-6-11)17-21(18,19)15-10-12(16)7-9-14(15)20-2/h7,9-11,13,17H,3-6,8H2,1-2H3. The Labute approximate surface area is 135 Å². The maximum Gasteiger partial charge on any atom is 0.244 e. The molecule has 0 spiro atoms. The van der Waals surface area contributed by atoms with Crippen molar-refractivity contribution in [1.29, 1.82) is 0 Å². The molecule has 1 aliphatic rings. The first-order valence-electron chi connectivity index (χ1n) is 7.28. The van der Waals surface area contributed by atoms with E-state index in [0.717, 1.165) is 30.2 Å². The molecule has 2 rings (SSSR count). The third-order valence-electron chi connectivity index (χ3n) is 3.99. The molecule has 0 saturated heterocycles. The summed E-state index contributed by atoms with van der Waals surface area (Å²) in [5.74, 6) is 1.05. The maximum atomic E-state index is 12.6. The molecular formula is C15H22BrNO3S. The highest BCUT2D eigenvalue weighted by molar-refractivity contribution is 9.10. The van der Waals surface area contributed by atoms with Crippen LogP contribution in [-0.2, 0) is 10.0 Å². The smallest absolute Gasteiger partial charge is 0.244 e. The first kappa shape index (κ1) is 16.8. The van der Waals surface area contributed by atoms with Gasteiger partial charge in [0.15, 0.2) is 0 Å². The quantitative estimate of drug-likeness (QED) is 0.816. The van der Waals surface area contributed by atoms with Crippen LogP contribution in [0.1, 0.15) is 39.0 Å². The Morgan fingerprint density at radius 2 is 2.00 bits per heavy atom. The van der Waals surface area contributed by atoms with Gasteiger partial charge in [0.25, 0.3) is 0 Å². The van der Waals surface area contributed by atoms with E-state index in [9.17, 15) is 8.42 Å². The molecule has 0 heterocycles.